The van der Waals surface area contributed by atoms with Gasteiger partial charge in [-0.3, -0.25) is 4.79 Å². The number of carboxylic acids is 1. The molecule has 1 aromatic carbocycles. The molecule has 0 amide bonds. The van der Waals surface area contributed by atoms with Crippen molar-refractivity contribution < 1.29 is 24.5 Å². The fraction of sp³-hybridized carbons (Fsp3) is 0.375. The van der Waals surface area contributed by atoms with Crippen LogP contribution in [0.15, 0.2) is 18.2 Å². The standard InChI is InChI=1S/C14H17NO3.C2H4O2/c1-3-4-7-18-14(17)13-9(2)15-12-6-5-10(16)8-11(12)13;1-2(3)4/h5-6,8,15-16H,3-4,7H2,1-2H3;1H3,(H,3,4). The summed E-state index contributed by atoms with van der Waals surface area (Å²) in [7, 11) is 0. The number of hydrogen-bond donors (Lipinski definition) is 3. The Balaban J connectivity index is 0.000000541. The number of carbonyl (C=O) groups excluding carboxylic acids is 1. The zero-order valence-electron chi connectivity index (χ0n) is 13.0. The molecule has 1 heterocycles. The van der Waals surface area contributed by atoms with E-state index in [1.54, 1.807) is 18.2 Å². The Morgan fingerprint density at radius 1 is 1.32 bits per heavy atom. The fourth-order valence-corrected chi connectivity index (χ4v) is 1.96. The number of H-pyrrole nitrogens is 1. The zero-order valence-corrected chi connectivity index (χ0v) is 13.0. The lowest BCUT2D eigenvalue weighted by atomic mass is 10.1. The van der Waals surface area contributed by atoms with Gasteiger partial charge in [0.2, 0.25) is 0 Å². The maximum Gasteiger partial charge on any atom is 0.340 e. The number of carbonyl (C=O) groups is 2. The molecule has 2 aromatic rings. The van der Waals surface area contributed by atoms with E-state index in [4.69, 9.17) is 14.6 Å². The summed E-state index contributed by atoms with van der Waals surface area (Å²) in [5.41, 5.74) is 2.10. The monoisotopic (exact) mass is 307 g/mol. The summed E-state index contributed by atoms with van der Waals surface area (Å²) in [4.78, 5) is 24.1. The van der Waals surface area contributed by atoms with Gasteiger partial charge in [0.25, 0.3) is 5.97 Å². The predicted molar refractivity (Wildman–Crippen MR) is 83.2 cm³/mol. The van der Waals surface area contributed by atoms with Crippen LogP contribution in [-0.2, 0) is 9.53 Å². The summed E-state index contributed by atoms with van der Waals surface area (Å²) in [6.45, 7) is 5.39. The summed E-state index contributed by atoms with van der Waals surface area (Å²) in [6.07, 6.45) is 1.85. The SMILES string of the molecule is CC(=O)O.CCCCOC(=O)c1c(C)[nH]c2ccc(O)cc12. The summed E-state index contributed by atoms with van der Waals surface area (Å²) < 4.78 is 5.22. The number of aliphatic carboxylic acids is 1. The molecule has 0 atom stereocenters. The number of fused-ring (bicyclic) bond motifs is 1. The molecule has 0 saturated heterocycles. The topological polar surface area (TPSA) is 99.6 Å². The molecule has 22 heavy (non-hydrogen) atoms. The number of aryl methyl sites for hydroxylation is 1. The Bertz CT molecular complexity index is 656. The molecule has 2 rings (SSSR count). The molecule has 6 heteroatoms. The Morgan fingerprint density at radius 3 is 2.55 bits per heavy atom. The third-order valence-electron chi connectivity index (χ3n) is 2.90. The van der Waals surface area contributed by atoms with Crippen LogP contribution < -0.4 is 0 Å². The number of phenolic OH excluding ortho intramolecular Hbond substituents is 1. The highest BCUT2D eigenvalue weighted by atomic mass is 16.5. The second kappa shape index (κ2) is 8.07. The average Bonchev–Trinajstić information content (AvgIpc) is 2.73. The number of unbranched alkanes of at least 4 members (excludes halogenated alkanes) is 1. The molecule has 0 unspecified atom stereocenters. The first-order chi connectivity index (χ1) is 10.4. The first kappa shape index (κ1) is 17.6. The van der Waals surface area contributed by atoms with Crippen LogP contribution in [0.1, 0.15) is 42.7 Å². The van der Waals surface area contributed by atoms with Crippen LogP contribution >= 0.6 is 0 Å². The normalized spacial score (nSPS) is 9.95. The summed E-state index contributed by atoms with van der Waals surface area (Å²) in [5.74, 6) is -1.03. The van der Waals surface area contributed by atoms with Crippen molar-refractivity contribution in [1.82, 2.24) is 4.98 Å². The quantitative estimate of drug-likeness (QED) is 0.595. The molecule has 0 saturated carbocycles. The molecule has 0 aliphatic carbocycles. The predicted octanol–water partition coefficient (Wildman–Crippen LogP) is 3.23. The van der Waals surface area contributed by atoms with Crippen molar-refractivity contribution in [2.75, 3.05) is 6.61 Å². The van der Waals surface area contributed by atoms with Gasteiger partial charge in [0.15, 0.2) is 0 Å². The number of carboxylic acid groups (broad SMARTS) is 1. The second-order valence-corrected chi connectivity index (χ2v) is 4.86. The molecule has 3 N–H and O–H groups in total. The molecule has 0 bridgehead atoms. The van der Waals surface area contributed by atoms with Gasteiger partial charge in [-0.2, -0.15) is 0 Å². The lowest BCUT2D eigenvalue weighted by molar-refractivity contribution is -0.134. The van der Waals surface area contributed by atoms with Gasteiger partial charge < -0.3 is 19.9 Å². The van der Waals surface area contributed by atoms with Crippen molar-refractivity contribution in [2.45, 2.75) is 33.6 Å². The van der Waals surface area contributed by atoms with Crippen LogP contribution in [0.25, 0.3) is 10.9 Å². The molecule has 120 valence electrons. The smallest absolute Gasteiger partial charge is 0.340 e. The number of esters is 1. The molecule has 0 radical (unpaired) electrons. The third kappa shape index (κ3) is 4.80. The Labute approximate surface area is 128 Å². The Kier molecular flexibility index (Phi) is 6.44. The van der Waals surface area contributed by atoms with Crippen molar-refractivity contribution in [3.8, 4) is 5.75 Å². The van der Waals surface area contributed by atoms with Gasteiger partial charge in [0, 0.05) is 23.5 Å². The molecule has 0 aliphatic rings. The number of aromatic nitrogens is 1. The number of aromatic amines is 1. The van der Waals surface area contributed by atoms with E-state index in [-0.39, 0.29) is 11.7 Å². The lowest BCUT2D eigenvalue weighted by Gasteiger charge is -2.04. The molecular weight excluding hydrogens is 286 g/mol. The van der Waals surface area contributed by atoms with E-state index in [0.29, 0.717) is 17.6 Å². The maximum atomic E-state index is 12.0. The van der Waals surface area contributed by atoms with E-state index >= 15 is 0 Å². The average molecular weight is 307 g/mol. The van der Waals surface area contributed by atoms with Crippen LogP contribution in [0, 0.1) is 6.92 Å². The fourth-order valence-electron chi connectivity index (χ4n) is 1.96. The van der Waals surface area contributed by atoms with E-state index in [1.165, 1.54) is 0 Å². The summed E-state index contributed by atoms with van der Waals surface area (Å²) in [6, 6.07) is 4.92. The largest absolute Gasteiger partial charge is 0.508 e. The molecule has 0 spiro atoms. The number of hydrogen-bond acceptors (Lipinski definition) is 4. The number of benzene rings is 1. The van der Waals surface area contributed by atoms with Crippen molar-refractivity contribution >= 4 is 22.8 Å². The van der Waals surface area contributed by atoms with Gasteiger partial charge in [0.1, 0.15) is 5.75 Å². The van der Waals surface area contributed by atoms with Crippen LogP contribution in [-0.4, -0.2) is 33.7 Å². The molecule has 0 fully saturated rings. The molecule has 6 nitrogen and oxygen atoms in total. The van der Waals surface area contributed by atoms with Crippen LogP contribution in [0.5, 0.6) is 5.75 Å². The first-order valence-electron chi connectivity index (χ1n) is 7.04. The second-order valence-electron chi connectivity index (χ2n) is 4.86. The molecule has 1 aromatic heterocycles. The van der Waals surface area contributed by atoms with Gasteiger partial charge in [-0.1, -0.05) is 13.3 Å². The number of rotatable bonds is 4. The van der Waals surface area contributed by atoms with Gasteiger partial charge in [0.05, 0.1) is 12.2 Å². The van der Waals surface area contributed by atoms with Gasteiger partial charge in [-0.25, -0.2) is 4.79 Å². The number of phenols is 1. The van der Waals surface area contributed by atoms with Gasteiger partial charge in [-0.15, -0.1) is 0 Å². The van der Waals surface area contributed by atoms with E-state index in [0.717, 1.165) is 31.0 Å². The minimum atomic E-state index is -0.833. The van der Waals surface area contributed by atoms with E-state index < -0.39 is 5.97 Å². The minimum Gasteiger partial charge on any atom is -0.508 e. The Morgan fingerprint density at radius 2 is 1.95 bits per heavy atom. The van der Waals surface area contributed by atoms with E-state index in [1.807, 2.05) is 13.8 Å². The van der Waals surface area contributed by atoms with Gasteiger partial charge in [-0.05, 0) is 31.5 Å². The number of aromatic hydroxyl groups is 1. The van der Waals surface area contributed by atoms with Crippen molar-refractivity contribution in [3.05, 3.63) is 29.5 Å². The number of ether oxygens (including phenoxy) is 1. The van der Waals surface area contributed by atoms with Crippen molar-refractivity contribution in [1.29, 1.82) is 0 Å². The van der Waals surface area contributed by atoms with Gasteiger partial charge >= 0.3 is 5.97 Å². The van der Waals surface area contributed by atoms with Crippen LogP contribution in [0.2, 0.25) is 0 Å². The van der Waals surface area contributed by atoms with Crippen LogP contribution in [0.3, 0.4) is 0 Å². The highest BCUT2D eigenvalue weighted by Gasteiger charge is 2.17. The van der Waals surface area contributed by atoms with E-state index in [2.05, 4.69) is 4.98 Å². The van der Waals surface area contributed by atoms with E-state index in [9.17, 15) is 9.90 Å². The maximum absolute atomic E-state index is 12.0. The first-order valence-corrected chi connectivity index (χ1v) is 7.04. The van der Waals surface area contributed by atoms with Crippen molar-refractivity contribution in [2.24, 2.45) is 0 Å². The molecular formula is C16H21NO5. The minimum absolute atomic E-state index is 0.143. The van der Waals surface area contributed by atoms with Crippen LogP contribution in [0.4, 0.5) is 0 Å². The molecule has 0 aliphatic heterocycles. The highest BCUT2D eigenvalue weighted by Crippen LogP contribution is 2.26. The number of nitrogens with one attached hydrogen (secondary N) is 1. The summed E-state index contributed by atoms with van der Waals surface area (Å²) >= 11 is 0. The third-order valence-corrected chi connectivity index (χ3v) is 2.90. The highest BCUT2D eigenvalue weighted by molar-refractivity contribution is 6.05. The Hall–Kier alpha value is -2.50. The lowest BCUT2D eigenvalue weighted by Crippen LogP contribution is -2.07. The zero-order chi connectivity index (χ0) is 16.7. The van der Waals surface area contributed by atoms with Crippen molar-refractivity contribution in [3.63, 3.8) is 0 Å². The summed E-state index contributed by atoms with van der Waals surface area (Å²) in [5, 5.41) is 17.6.